The van der Waals surface area contributed by atoms with Crippen molar-refractivity contribution in [3.63, 3.8) is 0 Å². The molecule has 1 saturated heterocycles. The number of hydrogen-bond donors (Lipinski definition) is 2. The van der Waals surface area contributed by atoms with Crippen LogP contribution in [0.3, 0.4) is 0 Å². The van der Waals surface area contributed by atoms with E-state index in [0.29, 0.717) is 17.7 Å². The summed E-state index contributed by atoms with van der Waals surface area (Å²) in [6, 6.07) is 16.0. The second-order valence-electron chi connectivity index (χ2n) is 7.34. The average molecular weight is 401 g/mol. The number of nitrogens with two attached hydrogens (primary N) is 2. The first-order valence-electron chi connectivity index (χ1n) is 9.93. The van der Waals surface area contributed by atoms with Gasteiger partial charge in [0.1, 0.15) is 0 Å². The van der Waals surface area contributed by atoms with E-state index in [1.807, 2.05) is 47.4 Å². The monoisotopic (exact) mass is 401 g/mol. The van der Waals surface area contributed by atoms with Gasteiger partial charge in [-0.25, -0.2) is 9.97 Å². The number of anilines is 1. The number of nitrogen functional groups attached to an aromatic ring is 1. The van der Waals surface area contributed by atoms with E-state index in [2.05, 4.69) is 9.97 Å². The molecule has 0 saturated carbocycles. The third-order valence-corrected chi connectivity index (χ3v) is 5.42. The van der Waals surface area contributed by atoms with Crippen LogP contribution in [-0.4, -0.2) is 33.2 Å². The smallest absolute Gasteiger partial charge is 0.254 e. The molecule has 3 aromatic rings. The molecule has 1 atom stereocenters. The van der Waals surface area contributed by atoms with Crippen LogP contribution < -0.4 is 11.5 Å². The molecule has 7 nitrogen and oxygen atoms in total. The van der Waals surface area contributed by atoms with Gasteiger partial charge in [0, 0.05) is 29.4 Å². The predicted octanol–water partition coefficient (Wildman–Crippen LogP) is 3.19. The lowest BCUT2D eigenvalue weighted by Crippen LogP contribution is -2.39. The maximum absolute atomic E-state index is 13.2. The van der Waals surface area contributed by atoms with Gasteiger partial charge in [-0.05, 0) is 49.1 Å². The molecular weight excluding hydrogens is 378 g/mol. The number of rotatable bonds is 4. The van der Waals surface area contributed by atoms with Crippen LogP contribution in [0.25, 0.3) is 11.1 Å². The molecule has 4 rings (SSSR count). The van der Waals surface area contributed by atoms with Gasteiger partial charge in [-0.1, -0.05) is 30.3 Å². The van der Waals surface area contributed by atoms with Gasteiger partial charge in [-0.15, -0.1) is 0 Å². The lowest BCUT2D eigenvalue weighted by atomic mass is 9.93. The number of aromatic nitrogens is 2. The summed E-state index contributed by atoms with van der Waals surface area (Å²) >= 11 is 0. The van der Waals surface area contributed by atoms with Crippen LogP contribution in [0.2, 0.25) is 0 Å². The summed E-state index contributed by atoms with van der Waals surface area (Å²) in [6.07, 6.45) is 4.41. The molecule has 1 aromatic heterocycles. The summed E-state index contributed by atoms with van der Waals surface area (Å²) in [7, 11) is 0. The molecule has 0 radical (unpaired) electrons. The van der Waals surface area contributed by atoms with Crippen LogP contribution in [0.1, 0.15) is 51.7 Å². The van der Waals surface area contributed by atoms with Crippen LogP contribution in [0, 0.1) is 0 Å². The van der Waals surface area contributed by atoms with Gasteiger partial charge in [0.25, 0.3) is 5.91 Å². The Morgan fingerprint density at radius 1 is 0.967 bits per heavy atom. The summed E-state index contributed by atoms with van der Waals surface area (Å²) in [5.74, 6) is -0.338. The molecule has 0 bridgehead atoms. The zero-order valence-electron chi connectivity index (χ0n) is 16.5. The molecule has 2 amide bonds. The second kappa shape index (κ2) is 8.32. The molecule has 0 spiro atoms. The van der Waals surface area contributed by atoms with E-state index in [-0.39, 0.29) is 17.9 Å². The van der Waals surface area contributed by atoms with Crippen molar-refractivity contribution in [1.82, 2.24) is 14.9 Å². The average Bonchev–Trinajstić information content (AvgIpc) is 2.79. The molecule has 0 aliphatic carbocycles. The van der Waals surface area contributed by atoms with Gasteiger partial charge in [-0.2, -0.15) is 0 Å². The zero-order valence-corrected chi connectivity index (χ0v) is 16.5. The summed E-state index contributed by atoms with van der Waals surface area (Å²) in [5, 5.41) is 0. The highest BCUT2D eigenvalue weighted by molar-refractivity contribution is 5.95. The van der Waals surface area contributed by atoms with Gasteiger partial charge in [0.2, 0.25) is 11.9 Å². The lowest BCUT2D eigenvalue weighted by molar-refractivity contribution is 0.0606. The van der Waals surface area contributed by atoms with Gasteiger partial charge >= 0.3 is 0 Å². The molecule has 152 valence electrons. The fourth-order valence-electron chi connectivity index (χ4n) is 3.91. The Bertz CT molecular complexity index is 1070. The minimum atomic E-state index is -0.484. The molecule has 4 N–H and O–H groups in total. The number of piperidine rings is 1. The molecule has 7 heteroatoms. The zero-order chi connectivity index (χ0) is 21.1. The third kappa shape index (κ3) is 3.87. The van der Waals surface area contributed by atoms with E-state index < -0.39 is 5.91 Å². The third-order valence-electron chi connectivity index (χ3n) is 5.42. The normalized spacial score (nSPS) is 16.3. The molecule has 2 heterocycles. The number of carbonyl (C=O) groups is 2. The fraction of sp³-hybridized carbons (Fsp3) is 0.217. The van der Waals surface area contributed by atoms with Gasteiger partial charge < -0.3 is 16.4 Å². The molecular formula is C23H23N5O2. The maximum Gasteiger partial charge on any atom is 0.254 e. The molecule has 1 aliphatic rings. The second-order valence-corrected chi connectivity index (χ2v) is 7.34. The standard InChI is InChI=1S/C23H23N5O2/c24-21(29)16-11-9-15(10-12-16)18-14-26-23(25)27-20(18)19-8-4-5-13-28(19)22(30)17-6-2-1-3-7-17/h1-3,6-7,9-12,14,19H,4-5,8,13H2,(H2,24,29)(H2,25,26,27). The van der Waals surface area contributed by atoms with Crippen LogP contribution in [0.5, 0.6) is 0 Å². The Balaban J connectivity index is 1.75. The lowest BCUT2D eigenvalue weighted by Gasteiger charge is -2.36. The van der Waals surface area contributed by atoms with E-state index in [9.17, 15) is 9.59 Å². The van der Waals surface area contributed by atoms with Crippen molar-refractivity contribution in [3.05, 3.63) is 77.6 Å². The maximum atomic E-state index is 13.2. The number of primary amides is 1. The number of amides is 2. The highest BCUT2D eigenvalue weighted by Crippen LogP contribution is 2.36. The molecule has 1 aliphatic heterocycles. The van der Waals surface area contributed by atoms with Crippen molar-refractivity contribution < 1.29 is 9.59 Å². The number of benzene rings is 2. The molecule has 2 aromatic carbocycles. The summed E-state index contributed by atoms with van der Waals surface area (Å²) in [6.45, 7) is 0.655. The van der Waals surface area contributed by atoms with E-state index in [4.69, 9.17) is 11.5 Å². The molecule has 1 fully saturated rings. The Morgan fingerprint density at radius 3 is 2.40 bits per heavy atom. The Kier molecular flexibility index (Phi) is 5.43. The van der Waals surface area contributed by atoms with E-state index >= 15 is 0 Å². The van der Waals surface area contributed by atoms with Crippen LogP contribution in [-0.2, 0) is 0 Å². The summed E-state index contributed by atoms with van der Waals surface area (Å²) in [4.78, 5) is 35.2. The minimum Gasteiger partial charge on any atom is -0.368 e. The van der Waals surface area contributed by atoms with E-state index in [0.717, 1.165) is 36.1 Å². The van der Waals surface area contributed by atoms with Crippen molar-refractivity contribution in [3.8, 4) is 11.1 Å². The van der Waals surface area contributed by atoms with Crippen molar-refractivity contribution in [2.45, 2.75) is 25.3 Å². The Hall–Kier alpha value is -3.74. The van der Waals surface area contributed by atoms with E-state index in [1.54, 1.807) is 18.3 Å². The van der Waals surface area contributed by atoms with Gasteiger partial charge in [0.05, 0.1) is 11.7 Å². The first kappa shape index (κ1) is 19.6. The number of likely N-dealkylation sites (tertiary alicyclic amines) is 1. The predicted molar refractivity (Wildman–Crippen MR) is 114 cm³/mol. The van der Waals surface area contributed by atoms with Crippen LogP contribution in [0.15, 0.2) is 60.8 Å². The first-order chi connectivity index (χ1) is 14.5. The van der Waals surface area contributed by atoms with Crippen LogP contribution in [0.4, 0.5) is 5.95 Å². The van der Waals surface area contributed by atoms with Crippen molar-refractivity contribution in [1.29, 1.82) is 0 Å². The van der Waals surface area contributed by atoms with Gasteiger partial charge in [-0.3, -0.25) is 9.59 Å². The Morgan fingerprint density at radius 2 is 1.70 bits per heavy atom. The number of nitrogens with zero attached hydrogens (tertiary/aromatic N) is 3. The highest BCUT2D eigenvalue weighted by atomic mass is 16.2. The summed E-state index contributed by atoms with van der Waals surface area (Å²) < 4.78 is 0. The largest absolute Gasteiger partial charge is 0.368 e. The topological polar surface area (TPSA) is 115 Å². The molecule has 30 heavy (non-hydrogen) atoms. The Labute approximate surface area is 174 Å². The number of carbonyl (C=O) groups excluding carboxylic acids is 2. The van der Waals surface area contributed by atoms with Gasteiger partial charge in [0.15, 0.2) is 0 Å². The number of hydrogen-bond acceptors (Lipinski definition) is 5. The quantitative estimate of drug-likeness (QED) is 0.697. The highest BCUT2D eigenvalue weighted by Gasteiger charge is 2.31. The first-order valence-corrected chi connectivity index (χ1v) is 9.93. The fourth-order valence-corrected chi connectivity index (χ4v) is 3.91. The van der Waals surface area contributed by atoms with Crippen molar-refractivity contribution in [2.75, 3.05) is 12.3 Å². The SMILES string of the molecule is NC(=O)c1ccc(-c2cnc(N)nc2C2CCCCN2C(=O)c2ccccc2)cc1. The van der Waals surface area contributed by atoms with Crippen LogP contribution >= 0.6 is 0 Å². The van der Waals surface area contributed by atoms with Crippen molar-refractivity contribution in [2.24, 2.45) is 5.73 Å². The van der Waals surface area contributed by atoms with Crippen molar-refractivity contribution >= 4 is 17.8 Å². The minimum absolute atomic E-state index is 0.0208. The summed E-state index contributed by atoms with van der Waals surface area (Å²) in [5.41, 5.74) is 14.7. The van der Waals surface area contributed by atoms with E-state index in [1.165, 1.54) is 0 Å². The molecule has 1 unspecified atom stereocenters.